The highest BCUT2D eigenvalue weighted by Crippen LogP contribution is 2.30. The Labute approximate surface area is 123 Å². The van der Waals surface area contributed by atoms with Crippen LogP contribution in [0.4, 0.5) is 0 Å². The molecule has 2 rings (SSSR count). The summed E-state index contributed by atoms with van der Waals surface area (Å²) < 4.78 is 0. The van der Waals surface area contributed by atoms with E-state index in [2.05, 4.69) is 25.7 Å². The molecule has 2 heteroatoms. The third-order valence-corrected chi connectivity index (χ3v) is 4.91. The number of nitrogens with zero attached hydrogens (tertiary/aromatic N) is 1. The van der Waals surface area contributed by atoms with Crippen LogP contribution in [-0.2, 0) is 0 Å². The zero-order chi connectivity index (χ0) is 14.5. The average molecular weight is 275 g/mol. The molecule has 1 aliphatic heterocycles. The summed E-state index contributed by atoms with van der Waals surface area (Å²) in [6.45, 7) is 9.11. The Morgan fingerprint density at radius 3 is 2.25 bits per heavy atom. The molecule has 0 radical (unpaired) electrons. The van der Waals surface area contributed by atoms with Gasteiger partial charge in [0.2, 0.25) is 0 Å². The van der Waals surface area contributed by atoms with Gasteiger partial charge in [-0.05, 0) is 49.8 Å². The van der Waals surface area contributed by atoms with Gasteiger partial charge in [0.25, 0.3) is 0 Å². The zero-order valence-corrected chi connectivity index (χ0v) is 13.1. The maximum Gasteiger partial charge on any atom is 0.0945 e. The van der Waals surface area contributed by atoms with Gasteiger partial charge in [0.15, 0.2) is 0 Å². The van der Waals surface area contributed by atoms with Crippen molar-refractivity contribution in [1.29, 1.82) is 0 Å². The normalized spacial score (nSPS) is 21.1. The van der Waals surface area contributed by atoms with Gasteiger partial charge in [-0.15, -0.1) is 0 Å². The van der Waals surface area contributed by atoms with Crippen molar-refractivity contribution in [3.8, 4) is 0 Å². The van der Waals surface area contributed by atoms with Crippen LogP contribution >= 0.6 is 0 Å². The molecule has 1 saturated heterocycles. The molecular weight excluding hydrogens is 246 g/mol. The topological polar surface area (TPSA) is 23.5 Å². The molecule has 2 atom stereocenters. The maximum absolute atomic E-state index is 10.7. The summed E-state index contributed by atoms with van der Waals surface area (Å²) in [7, 11) is 0. The van der Waals surface area contributed by atoms with Crippen molar-refractivity contribution in [2.75, 3.05) is 13.1 Å². The van der Waals surface area contributed by atoms with E-state index in [0.717, 1.165) is 36.9 Å². The Balaban J connectivity index is 1.99. The zero-order valence-electron chi connectivity index (χ0n) is 13.1. The first-order chi connectivity index (χ1) is 9.63. The van der Waals surface area contributed by atoms with Crippen LogP contribution in [0.1, 0.15) is 51.7 Å². The van der Waals surface area contributed by atoms with Crippen molar-refractivity contribution in [3.63, 3.8) is 0 Å². The molecule has 0 bridgehead atoms. The first-order valence-corrected chi connectivity index (χ1v) is 8.10. The lowest BCUT2D eigenvalue weighted by Crippen LogP contribution is -2.44. The van der Waals surface area contributed by atoms with Gasteiger partial charge in [0.1, 0.15) is 0 Å². The van der Waals surface area contributed by atoms with E-state index >= 15 is 0 Å². The lowest BCUT2D eigenvalue weighted by molar-refractivity contribution is 0.0213. The van der Waals surface area contributed by atoms with E-state index in [-0.39, 0.29) is 12.1 Å². The van der Waals surface area contributed by atoms with Crippen molar-refractivity contribution in [3.05, 3.63) is 35.9 Å². The van der Waals surface area contributed by atoms with Gasteiger partial charge in [0, 0.05) is 6.04 Å². The van der Waals surface area contributed by atoms with E-state index in [1.54, 1.807) is 0 Å². The summed E-state index contributed by atoms with van der Waals surface area (Å²) in [5.74, 6) is 1.65. The maximum atomic E-state index is 10.7. The van der Waals surface area contributed by atoms with E-state index in [1.807, 2.05) is 30.3 Å². The smallest absolute Gasteiger partial charge is 0.0945 e. The summed E-state index contributed by atoms with van der Waals surface area (Å²) in [5.41, 5.74) is 1.05. The van der Waals surface area contributed by atoms with Crippen molar-refractivity contribution < 1.29 is 5.11 Å². The second kappa shape index (κ2) is 7.24. The summed E-state index contributed by atoms with van der Waals surface area (Å²) in [4.78, 5) is 2.50. The second-order valence-corrected chi connectivity index (χ2v) is 6.45. The van der Waals surface area contributed by atoms with Crippen LogP contribution < -0.4 is 0 Å². The SMILES string of the molecule is CCC(C(O)c1ccccc1)N1CCC(C(C)C)CC1. The molecule has 20 heavy (non-hydrogen) atoms. The number of aliphatic hydroxyl groups is 1. The van der Waals surface area contributed by atoms with Gasteiger partial charge in [0.05, 0.1) is 6.10 Å². The lowest BCUT2D eigenvalue weighted by Gasteiger charge is -2.40. The number of hydrogen-bond acceptors (Lipinski definition) is 2. The fourth-order valence-corrected chi connectivity index (χ4v) is 3.47. The van der Waals surface area contributed by atoms with Gasteiger partial charge in [-0.3, -0.25) is 4.90 Å². The molecule has 0 aliphatic carbocycles. The molecule has 1 aromatic rings. The van der Waals surface area contributed by atoms with Crippen LogP contribution in [0.5, 0.6) is 0 Å². The molecule has 0 saturated carbocycles. The van der Waals surface area contributed by atoms with Crippen LogP contribution in [0, 0.1) is 11.8 Å². The monoisotopic (exact) mass is 275 g/mol. The van der Waals surface area contributed by atoms with Crippen LogP contribution in [0.2, 0.25) is 0 Å². The molecule has 0 spiro atoms. The van der Waals surface area contributed by atoms with Crippen molar-refractivity contribution in [1.82, 2.24) is 4.90 Å². The number of aliphatic hydroxyl groups excluding tert-OH is 1. The van der Waals surface area contributed by atoms with Crippen molar-refractivity contribution in [2.45, 2.75) is 52.2 Å². The number of likely N-dealkylation sites (tertiary alicyclic amines) is 1. The molecule has 1 heterocycles. The van der Waals surface area contributed by atoms with E-state index in [0.29, 0.717) is 0 Å². The molecule has 112 valence electrons. The molecule has 2 unspecified atom stereocenters. The Hall–Kier alpha value is -0.860. The third-order valence-electron chi connectivity index (χ3n) is 4.91. The summed E-state index contributed by atoms with van der Waals surface area (Å²) >= 11 is 0. The van der Waals surface area contributed by atoms with Crippen LogP contribution in [0.15, 0.2) is 30.3 Å². The van der Waals surface area contributed by atoms with E-state index in [9.17, 15) is 5.11 Å². The largest absolute Gasteiger partial charge is 0.387 e. The third kappa shape index (κ3) is 3.62. The minimum absolute atomic E-state index is 0.255. The minimum atomic E-state index is -0.364. The van der Waals surface area contributed by atoms with Crippen molar-refractivity contribution in [2.24, 2.45) is 11.8 Å². The first-order valence-electron chi connectivity index (χ1n) is 8.10. The Morgan fingerprint density at radius 2 is 1.75 bits per heavy atom. The molecule has 1 aliphatic rings. The minimum Gasteiger partial charge on any atom is -0.387 e. The van der Waals surface area contributed by atoms with Crippen LogP contribution in [-0.4, -0.2) is 29.1 Å². The fraction of sp³-hybridized carbons (Fsp3) is 0.667. The van der Waals surface area contributed by atoms with Gasteiger partial charge >= 0.3 is 0 Å². The number of hydrogen-bond donors (Lipinski definition) is 1. The van der Waals surface area contributed by atoms with Crippen LogP contribution in [0.25, 0.3) is 0 Å². The molecular formula is C18H29NO. The summed E-state index contributed by atoms with van der Waals surface area (Å²) in [6, 6.07) is 10.4. The number of rotatable bonds is 5. The predicted molar refractivity (Wildman–Crippen MR) is 84.6 cm³/mol. The Morgan fingerprint density at radius 1 is 1.15 bits per heavy atom. The molecule has 1 N–H and O–H groups in total. The molecule has 1 fully saturated rings. The van der Waals surface area contributed by atoms with Gasteiger partial charge in [-0.1, -0.05) is 51.1 Å². The highest BCUT2D eigenvalue weighted by Gasteiger charge is 2.30. The molecule has 1 aromatic carbocycles. The lowest BCUT2D eigenvalue weighted by atomic mass is 9.85. The highest BCUT2D eigenvalue weighted by molar-refractivity contribution is 5.19. The van der Waals surface area contributed by atoms with E-state index in [1.165, 1.54) is 12.8 Å². The second-order valence-electron chi connectivity index (χ2n) is 6.45. The molecule has 0 amide bonds. The average Bonchev–Trinajstić information content (AvgIpc) is 2.49. The van der Waals surface area contributed by atoms with Crippen molar-refractivity contribution >= 4 is 0 Å². The molecule has 2 nitrogen and oxygen atoms in total. The molecule has 0 aromatic heterocycles. The van der Waals surface area contributed by atoms with Gasteiger partial charge < -0.3 is 5.11 Å². The van der Waals surface area contributed by atoms with Gasteiger partial charge in [-0.2, -0.15) is 0 Å². The van der Waals surface area contributed by atoms with E-state index < -0.39 is 0 Å². The Bertz CT molecular complexity index is 382. The fourth-order valence-electron chi connectivity index (χ4n) is 3.47. The standard InChI is InChI=1S/C18H29NO/c1-4-17(18(20)16-8-6-5-7-9-16)19-12-10-15(11-13-19)14(2)3/h5-9,14-15,17-18,20H,4,10-13H2,1-3H3. The number of piperidine rings is 1. The summed E-state index contributed by atoms with van der Waals surface area (Å²) in [6.07, 6.45) is 3.19. The predicted octanol–water partition coefficient (Wildman–Crippen LogP) is 3.87. The summed E-state index contributed by atoms with van der Waals surface area (Å²) in [5, 5.41) is 10.7. The highest BCUT2D eigenvalue weighted by atomic mass is 16.3. The van der Waals surface area contributed by atoms with Gasteiger partial charge in [-0.25, -0.2) is 0 Å². The Kier molecular flexibility index (Phi) is 5.62. The first kappa shape index (κ1) is 15.5. The quantitative estimate of drug-likeness (QED) is 0.882. The van der Waals surface area contributed by atoms with Crippen LogP contribution in [0.3, 0.4) is 0 Å². The number of benzene rings is 1. The van der Waals surface area contributed by atoms with E-state index in [4.69, 9.17) is 0 Å².